The Labute approximate surface area is 234 Å². The van der Waals surface area contributed by atoms with Crippen LogP contribution in [0.2, 0.25) is 0 Å². The molecule has 2 bridgehead atoms. The van der Waals surface area contributed by atoms with E-state index in [0.717, 1.165) is 6.42 Å². The van der Waals surface area contributed by atoms with Gasteiger partial charge < -0.3 is 14.4 Å². The Kier molecular flexibility index (Phi) is 5.57. The highest BCUT2D eigenvalue weighted by Crippen LogP contribution is 2.65. The average Bonchev–Trinajstić information content (AvgIpc) is 3.64. The number of allylic oxidation sites excluding steroid dienone is 2. The predicted octanol–water partition coefficient (Wildman–Crippen LogP) is 3.43. The van der Waals surface area contributed by atoms with E-state index in [4.69, 9.17) is 9.47 Å². The zero-order valence-electron chi connectivity index (χ0n) is 22.4. The van der Waals surface area contributed by atoms with E-state index >= 15 is 0 Å². The van der Waals surface area contributed by atoms with Crippen LogP contribution in [0.4, 0.5) is 17.1 Å². The number of nitro groups is 1. The van der Waals surface area contributed by atoms with Crippen molar-refractivity contribution in [3.8, 4) is 11.5 Å². The van der Waals surface area contributed by atoms with Crippen molar-refractivity contribution in [2.45, 2.75) is 19.8 Å². The third-order valence-electron chi connectivity index (χ3n) is 9.41. The number of benzene rings is 2. The fourth-order valence-corrected chi connectivity index (χ4v) is 7.44. The van der Waals surface area contributed by atoms with E-state index in [9.17, 15) is 29.3 Å². The summed E-state index contributed by atoms with van der Waals surface area (Å²) in [5.41, 5.74) is 1.28. The number of aryl methyl sites for hydroxylation is 1. The first-order chi connectivity index (χ1) is 19.7. The highest BCUT2D eigenvalue weighted by Gasteiger charge is 2.67. The Hall–Kier alpha value is -4.54. The summed E-state index contributed by atoms with van der Waals surface area (Å²) in [5.74, 6) is -0.881. The van der Waals surface area contributed by atoms with E-state index in [-0.39, 0.29) is 71.5 Å². The third-order valence-corrected chi connectivity index (χ3v) is 9.41. The number of nitrogens with zero attached hydrogens (tertiary/aromatic N) is 3. The van der Waals surface area contributed by atoms with Crippen molar-refractivity contribution in [1.29, 1.82) is 0 Å². The molecule has 11 nitrogen and oxygen atoms in total. The van der Waals surface area contributed by atoms with Crippen molar-refractivity contribution in [3.63, 3.8) is 0 Å². The zero-order chi connectivity index (χ0) is 28.7. The molecule has 8 rings (SSSR count). The number of hydrogen-bond acceptors (Lipinski definition) is 8. The fraction of sp³-hybridized carbons (Fsp3) is 0.400. The highest BCUT2D eigenvalue weighted by molar-refractivity contribution is 6.23. The van der Waals surface area contributed by atoms with Crippen molar-refractivity contribution >= 4 is 40.8 Å². The highest BCUT2D eigenvalue weighted by atomic mass is 16.6. The van der Waals surface area contributed by atoms with E-state index in [1.165, 1.54) is 35.1 Å². The number of esters is 1. The molecule has 41 heavy (non-hydrogen) atoms. The van der Waals surface area contributed by atoms with E-state index in [0.29, 0.717) is 28.8 Å². The summed E-state index contributed by atoms with van der Waals surface area (Å²) in [4.78, 5) is 66.0. The van der Waals surface area contributed by atoms with Crippen LogP contribution >= 0.6 is 0 Å². The van der Waals surface area contributed by atoms with Gasteiger partial charge in [0.1, 0.15) is 11.5 Å². The third kappa shape index (κ3) is 3.78. The van der Waals surface area contributed by atoms with Gasteiger partial charge in [0.2, 0.25) is 17.7 Å². The molecule has 4 fully saturated rings. The number of carbonyl (C=O) groups excluding carboxylic acids is 4. The Balaban J connectivity index is 1.06. The van der Waals surface area contributed by atoms with E-state index < -0.39 is 16.8 Å². The molecular weight excluding hydrogens is 530 g/mol. The van der Waals surface area contributed by atoms with Gasteiger partial charge in [0.25, 0.3) is 5.69 Å². The molecule has 0 N–H and O–H groups in total. The molecule has 2 saturated carbocycles. The molecule has 0 spiro atoms. The molecular formula is C30H27N3O8. The molecule has 0 aromatic heterocycles. The van der Waals surface area contributed by atoms with E-state index in [2.05, 4.69) is 12.2 Å². The van der Waals surface area contributed by atoms with Gasteiger partial charge >= 0.3 is 5.97 Å². The first kappa shape index (κ1) is 25.4. The molecule has 11 heteroatoms. The summed E-state index contributed by atoms with van der Waals surface area (Å²) in [5, 5.41) is 11.1. The maximum absolute atomic E-state index is 13.5. The maximum atomic E-state index is 13.5. The van der Waals surface area contributed by atoms with Crippen LogP contribution < -0.4 is 19.3 Å². The number of rotatable bonds is 6. The lowest BCUT2D eigenvalue weighted by atomic mass is 9.63. The molecule has 210 valence electrons. The van der Waals surface area contributed by atoms with Gasteiger partial charge in [-0.2, -0.15) is 0 Å². The molecule has 0 unspecified atom stereocenters. The predicted molar refractivity (Wildman–Crippen MR) is 144 cm³/mol. The minimum absolute atomic E-state index is 0.0286. The minimum atomic E-state index is -0.762. The fourth-order valence-electron chi connectivity index (χ4n) is 7.44. The number of hydrogen-bond donors (Lipinski definition) is 0. The lowest BCUT2D eigenvalue weighted by molar-refractivity contribution is -0.384. The molecule has 2 aliphatic heterocycles. The summed E-state index contributed by atoms with van der Waals surface area (Å²) in [6.07, 6.45) is 5.28. The number of anilines is 2. The quantitative estimate of drug-likeness (QED) is 0.132. The number of imide groups is 1. The second-order valence-corrected chi connectivity index (χ2v) is 11.6. The summed E-state index contributed by atoms with van der Waals surface area (Å²) in [7, 11) is 1.35. The zero-order valence-corrected chi connectivity index (χ0v) is 22.4. The summed E-state index contributed by atoms with van der Waals surface area (Å²) < 4.78 is 10.9. The van der Waals surface area contributed by atoms with E-state index in [1.54, 1.807) is 25.1 Å². The second kappa shape index (κ2) is 8.98. The van der Waals surface area contributed by atoms with Crippen LogP contribution in [0.5, 0.6) is 11.5 Å². The van der Waals surface area contributed by atoms with Gasteiger partial charge in [0, 0.05) is 19.0 Å². The Morgan fingerprint density at radius 2 is 1.63 bits per heavy atom. The molecule has 4 aliphatic carbocycles. The van der Waals surface area contributed by atoms with Crippen LogP contribution in [0.25, 0.3) is 0 Å². The molecule has 2 aromatic rings. The maximum Gasteiger partial charge on any atom is 0.316 e. The van der Waals surface area contributed by atoms with Gasteiger partial charge in [0.15, 0.2) is 0 Å². The SMILES string of the molecule is COc1cc([N+](=O)[O-])ccc1N1C[C@H](C(=O)Oc2ccc(N3C(=O)[C@@H]4[C@H]5C=C[C@@H]([C@@H]6C[C@H]56)[C@H]4C3=O)c(C)c2)CC1=O. The van der Waals surface area contributed by atoms with Crippen LogP contribution in [-0.4, -0.2) is 42.3 Å². The largest absolute Gasteiger partial charge is 0.494 e. The van der Waals surface area contributed by atoms with Crippen molar-refractivity contribution in [2.75, 3.05) is 23.5 Å². The number of ether oxygens (including phenoxy) is 2. The minimum Gasteiger partial charge on any atom is -0.494 e. The normalized spacial score (nSPS) is 30.9. The van der Waals surface area contributed by atoms with Crippen molar-refractivity contribution < 1.29 is 33.6 Å². The molecule has 2 aromatic carbocycles. The van der Waals surface area contributed by atoms with Crippen LogP contribution in [0, 0.1) is 58.5 Å². The topological polar surface area (TPSA) is 136 Å². The lowest BCUT2D eigenvalue weighted by Gasteiger charge is -2.37. The molecule has 2 saturated heterocycles. The monoisotopic (exact) mass is 557 g/mol. The number of amides is 3. The van der Waals surface area contributed by atoms with Crippen molar-refractivity contribution in [3.05, 3.63) is 64.2 Å². The molecule has 3 amide bonds. The van der Waals surface area contributed by atoms with Crippen molar-refractivity contribution in [1.82, 2.24) is 0 Å². The first-order valence-corrected chi connectivity index (χ1v) is 13.7. The summed E-state index contributed by atoms with van der Waals surface area (Å²) in [6.45, 7) is 1.79. The second-order valence-electron chi connectivity index (χ2n) is 11.6. The Bertz CT molecular complexity index is 1550. The van der Waals surface area contributed by atoms with Gasteiger partial charge in [-0.3, -0.25) is 29.3 Å². The summed E-state index contributed by atoms with van der Waals surface area (Å²) in [6, 6.07) is 8.74. The van der Waals surface area contributed by atoms with Gasteiger partial charge in [-0.1, -0.05) is 12.2 Å². The molecule has 6 aliphatic rings. The van der Waals surface area contributed by atoms with Crippen LogP contribution in [0.3, 0.4) is 0 Å². The van der Waals surface area contributed by atoms with Gasteiger partial charge in [0.05, 0.1) is 47.2 Å². The number of nitro benzene ring substituents is 1. The van der Waals surface area contributed by atoms with E-state index in [1.807, 2.05) is 0 Å². The smallest absolute Gasteiger partial charge is 0.316 e. The standard InChI is InChI=1S/C30H27N3O8/c1-14-9-17(4-8-22(14)32-28(35)26-18-5-6-19(21-12-20(18)21)27(26)29(32)36)41-30(37)15-10-25(34)31(13-15)23-7-3-16(33(38)39)11-24(23)40-2/h3-9,11,15,18-21,26-27H,10,12-13H2,1-2H3/t15-,18+,19+,20-,21+,26-,27-/m1/s1. The molecule has 0 radical (unpaired) electrons. The summed E-state index contributed by atoms with van der Waals surface area (Å²) >= 11 is 0. The number of methoxy groups -OCH3 is 1. The van der Waals surface area contributed by atoms with Gasteiger partial charge in [-0.25, -0.2) is 4.90 Å². The van der Waals surface area contributed by atoms with Crippen LogP contribution in [0.1, 0.15) is 18.4 Å². The molecule has 2 heterocycles. The molecule has 7 atom stereocenters. The lowest BCUT2D eigenvalue weighted by Crippen LogP contribution is -2.40. The van der Waals surface area contributed by atoms with Crippen molar-refractivity contribution in [2.24, 2.45) is 41.4 Å². The Morgan fingerprint density at radius 3 is 2.24 bits per heavy atom. The van der Waals surface area contributed by atoms with Crippen LogP contribution in [0.15, 0.2) is 48.6 Å². The Morgan fingerprint density at radius 1 is 0.976 bits per heavy atom. The number of carbonyl (C=O) groups is 4. The van der Waals surface area contributed by atoms with Gasteiger partial charge in [-0.05, 0) is 66.8 Å². The van der Waals surface area contributed by atoms with Crippen LogP contribution in [-0.2, 0) is 19.2 Å². The van der Waals surface area contributed by atoms with Gasteiger partial charge in [-0.15, -0.1) is 0 Å². The first-order valence-electron chi connectivity index (χ1n) is 13.7. The number of non-ortho nitro benzene ring substituents is 1. The average molecular weight is 558 g/mol.